The minimum atomic E-state index is 0.0612. The first-order valence-electron chi connectivity index (χ1n) is 4.71. The monoisotopic (exact) mass is 172 g/mol. The average molecular weight is 172 g/mol. The summed E-state index contributed by atoms with van der Waals surface area (Å²) in [6.45, 7) is 1.80. The lowest BCUT2D eigenvalue weighted by molar-refractivity contribution is -0.112. The van der Waals surface area contributed by atoms with Gasteiger partial charge in [-0.3, -0.25) is 0 Å². The van der Waals surface area contributed by atoms with Crippen LogP contribution in [0.25, 0.3) is 0 Å². The van der Waals surface area contributed by atoms with Gasteiger partial charge in [0, 0.05) is 13.2 Å². The Morgan fingerprint density at radius 2 is 2.00 bits per heavy atom. The Bertz CT molecular complexity index is 152. The molecule has 3 heteroatoms. The van der Waals surface area contributed by atoms with Gasteiger partial charge in [-0.1, -0.05) is 0 Å². The second-order valence-electron chi connectivity index (χ2n) is 3.76. The smallest absolute Gasteiger partial charge is 0.0814 e. The fourth-order valence-electron chi connectivity index (χ4n) is 2.14. The first kappa shape index (κ1) is 8.48. The van der Waals surface area contributed by atoms with Crippen LogP contribution in [0.5, 0.6) is 0 Å². The molecule has 0 aliphatic carbocycles. The number of aliphatic hydroxyl groups excluding tert-OH is 1. The maximum Gasteiger partial charge on any atom is 0.0814 e. The van der Waals surface area contributed by atoms with Gasteiger partial charge in [-0.2, -0.15) is 0 Å². The molecule has 0 unspecified atom stereocenters. The van der Waals surface area contributed by atoms with Gasteiger partial charge < -0.3 is 14.6 Å². The molecule has 0 aromatic rings. The molecule has 1 atom stereocenters. The van der Waals surface area contributed by atoms with E-state index in [4.69, 9.17) is 14.6 Å². The van der Waals surface area contributed by atoms with E-state index in [1.165, 1.54) is 0 Å². The van der Waals surface area contributed by atoms with Crippen LogP contribution < -0.4 is 0 Å². The van der Waals surface area contributed by atoms with Gasteiger partial charge in [0.05, 0.1) is 18.3 Å². The Morgan fingerprint density at radius 1 is 1.25 bits per heavy atom. The van der Waals surface area contributed by atoms with E-state index in [0.717, 1.165) is 38.9 Å². The summed E-state index contributed by atoms with van der Waals surface area (Å²) >= 11 is 0. The third-order valence-electron chi connectivity index (χ3n) is 2.95. The predicted molar refractivity (Wildman–Crippen MR) is 44.0 cm³/mol. The largest absolute Gasteiger partial charge is 0.394 e. The summed E-state index contributed by atoms with van der Waals surface area (Å²) in [4.78, 5) is 0. The Balaban J connectivity index is 1.94. The van der Waals surface area contributed by atoms with Crippen molar-refractivity contribution in [3.8, 4) is 0 Å². The summed E-state index contributed by atoms with van der Waals surface area (Å²) in [6, 6.07) is 0. The molecule has 2 aliphatic heterocycles. The van der Waals surface area contributed by atoms with Gasteiger partial charge in [-0.25, -0.2) is 0 Å². The lowest BCUT2D eigenvalue weighted by Gasteiger charge is -2.33. The van der Waals surface area contributed by atoms with Crippen molar-refractivity contribution in [3.05, 3.63) is 0 Å². The Labute approximate surface area is 72.7 Å². The molecule has 2 aliphatic rings. The van der Waals surface area contributed by atoms with Crippen LogP contribution >= 0.6 is 0 Å². The Morgan fingerprint density at radius 3 is 2.58 bits per heavy atom. The number of ether oxygens (including phenoxy) is 2. The van der Waals surface area contributed by atoms with E-state index in [2.05, 4.69) is 0 Å². The molecule has 0 bridgehead atoms. The number of hydrogen-bond donors (Lipinski definition) is 1. The minimum Gasteiger partial charge on any atom is -0.394 e. The van der Waals surface area contributed by atoms with Gasteiger partial charge in [-0.15, -0.1) is 0 Å². The number of aliphatic hydroxyl groups is 1. The Kier molecular flexibility index (Phi) is 2.35. The second kappa shape index (κ2) is 3.32. The van der Waals surface area contributed by atoms with Gasteiger partial charge in [0.2, 0.25) is 0 Å². The maximum absolute atomic E-state index is 8.92. The molecule has 70 valence electrons. The maximum atomic E-state index is 8.92. The van der Waals surface area contributed by atoms with E-state index in [0.29, 0.717) is 0 Å². The van der Waals surface area contributed by atoms with Crippen molar-refractivity contribution >= 4 is 0 Å². The second-order valence-corrected chi connectivity index (χ2v) is 3.76. The van der Waals surface area contributed by atoms with Gasteiger partial charge in [0.25, 0.3) is 0 Å². The quantitative estimate of drug-likeness (QED) is 0.633. The van der Waals surface area contributed by atoms with Crippen molar-refractivity contribution in [3.63, 3.8) is 0 Å². The van der Waals surface area contributed by atoms with E-state index >= 15 is 0 Å². The lowest BCUT2D eigenvalue weighted by atomic mass is 9.91. The summed E-state index contributed by atoms with van der Waals surface area (Å²) in [5.74, 6) is 0. The topological polar surface area (TPSA) is 38.7 Å². The SMILES string of the molecule is OC[C@H]1CCC2(CCOCC2)O1. The van der Waals surface area contributed by atoms with E-state index < -0.39 is 0 Å². The molecule has 0 radical (unpaired) electrons. The fourth-order valence-corrected chi connectivity index (χ4v) is 2.14. The molecule has 0 aromatic carbocycles. The van der Waals surface area contributed by atoms with Gasteiger partial charge in [-0.05, 0) is 25.7 Å². The summed E-state index contributed by atoms with van der Waals surface area (Å²) < 4.78 is 11.1. The highest BCUT2D eigenvalue weighted by Gasteiger charge is 2.40. The van der Waals surface area contributed by atoms with Crippen molar-refractivity contribution < 1.29 is 14.6 Å². The zero-order valence-electron chi connectivity index (χ0n) is 7.29. The van der Waals surface area contributed by atoms with Crippen LogP contribution in [0.4, 0.5) is 0 Å². The third-order valence-corrected chi connectivity index (χ3v) is 2.95. The molecular weight excluding hydrogens is 156 g/mol. The zero-order chi connectivity index (χ0) is 8.44. The Hall–Kier alpha value is -0.120. The molecule has 0 aromatic heterocycles. The molecule has 12 heavy (non-hydrogen) atoms. The summed E-state index contributed by atoms with van der Waals surface area (Å²) in [7, 11) is 0. The van der Waals surface area contributed by atoms with E-state index in [1.807, 2.05) is 0 Å². The van der Waals surface area contributed by atoms with E-state index in [-0.39, 0.29) is 18.3 Å². The third kappa shape index (κ3) is 1.49. The van der Waals surface area contributed by atoms with Crippen LogP contribution in [0.15, 0.2) is 0 Å². The van der Waals surface area contributed by atoms with Crippen molar-refractivity contribution in [1.29, 1.82) is 0 Å². The first-order chi connectivity index (χ1) is 5.85. The van der Waals surface area contributed by atoms with Crippen LogP contribution in [-0.4, -0.2) is 36.6 Å². The van der Waals surface area contributed by atoms with Crippen molar-refractivity contribution in [2.24, 2.45) is 0 Å². The van der Waals surface area contributed by atoms with Crippen LogP contribution in [-0.2, 0) is 9.47 Å². The molecule has 0 saturated carbocycles. The minimum absolute atomic E-state index is 0.0612. The summed E-state index contributed by atoms with van der Waals surface area (Å²) in [5.41, 5.74) is 0.0612. The van der Waals surface area contributed by atoms with Gasteiger partial charge in [0.1, 0.15) is 0 Å². The molecule has 2 rings (SSSR count). The highest BCUT2D eigenvalue weighted by Crippen LogP contribution is 2.37. The summed E-state index contributed by atoms with van der Waals surface area (Å²) in [5, 5.41) is 8.92. The van der Waals surface area contributed by atoms with Crippen molar-refractivity contribution in [2.45, 2.75) is 37.4 Å². The number of rotatable bonds is 1. The molecule has 2 heterocycles. The standard InChI is InChI=1S/C9H16O3/c10-7-8-1-2-9(12-8)3-5-11-6-4-9/h8,10H,1-7H2/t8-/m1/s1. The number of hydrogen-bond acceptors (Lipinski definition) is 3. The highest BCUT2D eigenvalue weighted by molar-refractivity contribution is 4.90. The van der Waals surface area contributed by atoms with Crippen molar-refractivity contribution in [2.75, 3.05) is 19.8 Å². The van der Waals surface area contributed by atoms with E-state index in [9.17, 15) is 0 Å². The van der Waals surface area contributed by atoms with Crippen LogP contribution in [0.2, 0.25) is 0 Å². The van der Waals surface area contributed by atoms with Gasteiger partial charge >= 0.3 is 0 Å². The van der Waals surface area contributed by atoms with Gasteiger partial charge in [0.15, 0.2) is 0 Å². The summed E-state index contributed by atoms with van der Waals surface area (Å²) in [6.07, 6.45) is 4.20. The molecule has 3 nitrogen and oxygen atoms in total. The van der Waals surface area contributed by atoms with E-state index in [1.54, 1.807) is 0 Å². The molecule has 0 amide bonds. The zero-order valence-corrected chi connectivity index (χ0v) is 7.29. The molecule has 2 fully saturated rings. The predicted octanol–water partition coefficient (Wildman–Crippen LogP) is 0.707. The fraction of sp³-hybridized carbons (Fsp3) is 1.00. The van der Waals surface area contributed by atoms with Crippen LogP contribution in [0.3, 0.4) is 0 Å². The molecule has 2 saturated heterocycles. The normalized spacial score (nSPS) is 34.2. The first-order valence-corrected chi connectivity index (χ1v) is 4.71. The molecular formula is C9H16O3. The average Bonchev–Trinajstić information content (AvgIpc) is 2.50. The highest BCUT2D eigenvalue weighted by atomic mass is 16.5. The van der Waals surface area contributed by atoms with Crippen LogP contribution in [0, 0.1) is 0 Å². The lowest BCUT2D eigenvalue weighted by Crippen LogP contribution is -2.36. The molecule has 1 spiro atoms. The molecule has 1 N–H and O–H groups in total. The van der Waals surface area contributed by atoms with Crippen molar-refractivity contribution in [1.82, 2.24) is 0 Å². The van der Waals surface area contributed by atoms with Crippen LogP contribution in [0.1, 0.15) is 25.7 Å².